The van der Waals surface area contributed by atoms with Crippen LogP contribution in [-0.4, -0.2) is 23.5 Å². The molecule has 0 radical (unpaired) electrons. The Morgan fingerprint density at radius 2 is 1.58 bits per heavy atom. The van der Waals surface area contributed by atoms with Gasteiger partial charge < -0.3 is 0 Å². The molecule has 12 heavy (non-hydrogen) atoms. The minimum atomic E-state index is 0.854. The van der Waals surface area contributed by atoms with E-state index in [0.717, 1.165) is 23.9 Å². The van der Waals surface area contributed by atoms with Crippen LogP contribution in [-0.2, 0) is 0 Å². The van der Waals surface area contributed by atoms with Crippen molar-refractivity contribution in [1.82, 2.24) is 4.90 Å². The van der Waals surface area contributed by atoms with Gasteiger partial charge in [-0.3, -0.25) is 4.90 Å². The highest BCUT2D eigenvalue weighted by Crippen LogP contribution is 2.40. The Balaban J connectivity index is 1.85. The SMILES string of the molecule is CC1CC1CN1C(C)CCC1C. The van der Waals surface area contributed by atoms with E-state index in [9.17, 15) is 0 Å². The van der Waals surface area contributed by atoms with Gasteiger partial charge in [-0.15, -0.1) is 0 Å². The standard InChI is InChI=1S/C11H21N/c1-8-6-11(8)7-12-9(2)4-5-10(12)3/h8-11H,4-7H2,1-3H3. The molecular weight excluding hydrogens is 146 g/mol. The first-order valence-electron chi connectivity index (χ1n) is 5.44. The van der Waals surface area contributed by atoms with Crippen molar-refractivity contribution in [2.24, 2.45) is 11.8 Å². The van der Waals surface area contributed by atoms with Crippen molar-refractivity contribution in [3.05, 3.63) is 0 Å². The number of rotatable bonds is 2. The van der Waals surface area contributed by atoms with Gasteiger partial charge in [-0.05, 0) is 44.9 Å². The second-order valence-corrected chi connectivity index (χ2v) is 4.95. The lowest BCUT2D eigenvalue weighted by Gasteiger charge is -2.25. The summed E-state index contributed by atoms with van der Waals surface area (Å²) < 4.78 is 0. The zero-order chi connectivity index (χ0) is 8.72. The third-order valence-electron chi connectivity index (χ3n) is 3.86. The molecular formula is C11H21N. The minimum Gasteiger partial charge on any atom is -0.298 e. The second kappa shape index (κ2) is 3.02. The lowest BCUT2D eigenvalue weighted by atomic mass is 10.2. The summed E-state index contributed by atoms with van der Waals surface area (Å²) in [6.45, 7) is 8.53. The summed E-state index contributed by atoms with van der Waals surface area (Å²) in [7, 11) is 0. The maximum absolute atomic E-state index is 2.72. The molecule has 1 saturated carbocycles. The van der Waals surface area contributed by atoms with Crippen LogP contribution in [0.15, 0.2) is 0 Å². The summed E-state index contributed by atoms with van der Waals surface area (Å²) in [6.07, 6.45) is 4.32. The Morgan fingerprint density at radius 3 is 2.00 bits per heavy atom. The summed E-state index contributed by atoms with van der Waals surface area (Å²) >= 11 is 0. The molecule has 1 nitrogen and oxygen atoms in total. The average Bonchev–Trinajstić information content (AvgIpc) is 2.63. The molecule has 1 saturated heterocycles. The van der Waals surface area contributed by atoms with Gasteiger partial charge in [-0.25, -0.2) is 0 Å². The Hall–Kier alpha value is -0.0400. The number of nitrogens with zero attached hydrogens (tertiary/aromatic N) is 1. The van der Waals surface area contributed by atoms with E-state index in [1.54, 1.807) is 0 Å². The van der Waals surface area contributed by atoms with Gasteiger partial charge in [0.2, 0.25) is 0 Å². The molecule has 70 valence electrons. The normalized spacial score (nSPS) is 48.2. The smallest absolute Gasteiger partial charge is 0.00704 e. The molecule has 2 fully saturated rings. The zero-order valence-electron chi connectivity index (χ0n) is 8.59. The Bertz CT molecular complexity index is 156. The highest BCUT2D eigenvalue weighted by Gasteiger charge is 2.37. The van der Waals surface area contributed by atoms with E-state index in [1.165, 1.54) is 25.8 Å². The van der Waals surface area contributed by atoms with Crippen LogP contribution in [0, 0.1) is 11.8 Å². The van der Waals surface area contributed by atoms with Gasteiger partial charge in [0.15, 0.2) is 0 Å². The largest absolute Gasteiger partial charge is 0.298 e. The first kappa shape index (κ1) is 8.55. The second-order valence-electron chi connectivity index (χ2n) is 4.95. The molecule has 1 aliphatic carbocycles. The first-order chi connectivity index (χ1) is 5.68. The Morgan fingerprint density at radius 1 is 1.08 bits per heavy atom. The quantitative estimate of drug-likeness (QED) is 0.611. The van der Waals surface area contributed by atoms with Crippen molar-refractivity contribution in [3.63, 3.8) is 0 Å². The van der Waals surface area contributed by atoms with Gasteiger partial charge in [-0.2, -0.15) is 0 Å². The van der Waals surface area contributed by atoms with Crippen LogP contribution < -0.4 is 0 Å². The fourth-order valence-corrected chi connectivity index (χ4v) is 2.53. The Labute approximate surface area is 76.1 Å². The zero-order valence-corrected chi connectivity index (χ0v) is 8.59. The Kier molecular flexibility index (Phi) is 2.16. The van der Waals surface area contributed by atoms with Crippen molar-refractivity contribution >= 4 is 0 Å². The van der Waals surface area contributed by atoms with Crippen molar-refractivity contribution < 1.29 is 0 Å². The van der Waals surface area contributed by atoms with E-state index in [-0.39, 0.29) is 0 Å². The molecule has 0 aromatic heterocycles. The van der Waals surface area contributed by atoms with Crippen molar-refractivity contribution in [2.75, 3.05) is 6.54 Å². The fraction of sp³-hybridized carbons (Fsp3) is 1.00. The summed E-state index contributed by atoms with van der Waals surface area (Å²) in [6, 6.07) is 1.71. The van der Waals surface area contributed by atoms with E-state index >= 15 is 0 Å². The van der Waals surface area contributed by atoms with Crippen LogP contribution in [0.25, 0.3) is 0 Å². The van der Waals surface area contributed by atoms with Gasteiger partial charge in [0.05, 0.1) is 0 Å². The summed E-state index contributed by atoms with van der Waals surface area (Å²) in [4.78, 5) is 2.72. The molecule has 0 spiro atoms. The molecule has 2 rings (SSSR count). The van der Waals surface area contributed by atoms with Gasteiger partial charge in [0, 0.05) is 18.6 Å². The van der Waals surface area contributed by atoms with E-state index in [4.69, 9.17) is 0 Å². The topological polar surface area (TPSA) is 3.24 Å². The van der Waals surface area contributed by atoms with Crippen molar-refractivity contribution in [2.45, 2.75) is 52.1 Å². The maximum Gasteiger partial charge on any atom is 0.00704 e. The first-order valence-corrected chi connectivity index (χ1v) is 5.44. The van der Waals surface area contributed by atoms with E-state index in [0.29, 0.717) is 0 Å². The van der Waals surface area contributed by atoms with Crippen LogP contribution in [0.4, 0.5) is 0 Å². The van der Waals surface area contributed by atoms with Crippen LogP contribution in [0.5, 0.6) is 0 Å². The molecule has 0 aromatic rings. The molecule has 0 bridgehead atoms. The molecule has 4 atom stereocenters. The number of likely N-dealkylation sites (tertiary alicyclic amines) is 1. The van der Waals surface area contributed by atoms with Gasteiger partial charge in [0.25, 0.3) is 0 Å². The maximum atomic E-state index is 2.72. The van der Waals surface area contributed by atoms with Crippen LogP contribution >= 0.6 is 0 Å². The lowest BCUT2D eigenvalue weighted by molar-refractivity contribution is 0.202. The summed E-state index contributed by atoms with van der Waals surface area (Å²) in [5.41, 5.74) is 0. The van der Waals surface area contributed by atoms with Crippen LogP contribution in [0.1, 0.15) is 40.0 Å². The van der Waals surface area contributed by atoms with Crippen LogP contribution in [0.3, 0.4) is 0 Å². The summed E-state index contributed by atoms with van der Waals surface area (Å²) in [5.74, 6) is 2.05. The van der Waals surface area contributed by atoms with Crippen molar-refractivity contribution in [1.29, 1.82) is 0 Å². The molecule has 0 amide bonds. The lowest BCUT2D eigenvalue weighted by Crippen LogP contribution is -2.34. The highest BCUT2D eigenvalue weighted by atomic mass is 15.2. The monoisotopic (exact) mass is 167 g/mol. The van der Waals surface area contributed by atoms with Gasteiger partial charge in [-0.1, -0.05) is 6.92 Å². The average molecular weight is 167 g/mol. The molecule has 0 aromatic carbocycles. The summed E-state index contributed by atoms with van der Waals surface area (Å²) in [5, 5.41) is 0. The third-order valence-corrected chi connectivity index (χ3v) is 3.86. The molecule has 1 heteroatoms. The third kappa shape index (κ3) is 1.52. The van der Waals surface area contributed by atoms with E-state index in [1.807, 2.05) is 0 Å². The molecule has 1 heterocycles. The van der Waals surface area contributed by atoms with Gasteiger partial charge >= 0.3 is 0 Å². The number of hydrogen-bond donors (Lipinski definition) is 0. The predicted molar refractivity (Wildman–Crippen MR) is 52.1 cm³/mol. The molecule has 0 N–H and O–H groups in total. The van der Waals surface area contributed by atoms with E-state index < -0.39 is 0 Å². The molecule has 2 aliphatic rings. The van der Waals surface area contributed by atoms with Gasteiger partial charge in [0.1, 0.15) is 0 Å². The van der Waals surface area contributed by atoms with Crippen molar-refractivity contribution in [3.8, 4) is 0 Å². The highest BCUT2D eigenvalue weighted by molar-refractivity contribution is 4.90. The van der Waals surface area contributed by atoms with Crippen LogP contribution in [0.2, 0.25) is 0 Å². The fourth-order valence-electron chi connectivity index (χ4n) is 2.53. The number of hydrogen-bond acceptors (Lipinski definition) is 1. The van der Waals surface area contributed by atoms with E-state index in [2.05, 4.69) is 25.7 Å². The molecule has 4 unspecified atom stereocenters. The predicted octanol–water partition coefficient (Wildman–Crippen LogP) is 2.52. The molecule has 1 aliphatic heterocycles. The minimum absolute atomic E-state index is 0.854.